The molecule has 0 N–H and O–H groups in total. The molecule has 2 aromatic carbocycles. The summed E-state index contributed by atoms with van der Waals surface area (Å²) in [4.78, 5) is 0. The lowest BCUT2D eigenvalue weighted by molar-refractivity contribution is 0.757. The molecule has 0 aliphatic carbocycles. The van der Waals surface area contributed by atoms with Gasteiger partial charge in [-0.05, 0) is 46.4 Å². The molecule has 4 rings (SSSR count). The molecule has 2 heterocycles. The first kappa shape index (κ1) is 15.8. The largest absolute Gasteiger partial charge is 0.0967 e. The first-order valence-electron chi connectivity index (χ1n) is 8.59. The van der Waals surface area contributed by atoms with Crippen LogP contribution in [-0.2, 0) is 12.3 Å². The van der Waals surface area contributed by atoms with E-state index in [0.29, 0.717) is 5.16 Å². The zero-order chi connectivity index (χ0) is 16.2. The van der Waals surface area contributed by atoms with E-state index < -0.39 is 0 Å². The minimum atomic E-state index is -0.0223. The summed E-state index contributed by atoms with van der Waals surface area (Å²) < 4.78 is 0. The monoisotopic (exact) mass is 340 g/mol. The van der Waals surface area contributed by atoms with Crippen molar-refractivity contribution in [1.82, 2.24) is 0 Å². The highest BCUT2D eigenvalue weighted by molar-refractivity contribution is 7.62. The Morgan fingerprint density at radius 2 is 1.30 bits per heavy atom. The van der Waals surface area contributed by atoms with Gasteiger partial charge in [0, 0.05) is 11.3 Å². The highest BCUT2D eigenvalue weighted by Gasteiger charge is 2.46. The minimum Gasteiger partial charge on any atom is -0.0967 e. The Bertz CT molecular complexity index is 729. The van der Waals surface area contributed by atoms with E-state index >= 15 is 0 Å². The number of hydrogen-bond acceptors (Lipinski definition) is 0. The quantitative estimate of drug-likeness (QED) is 0.496. The molecule has 2 aromatic rings. The predicted octanol–water partition coefficient (Wildman–Crippen LogP) is 6.89. The van der Waals surface area contributed by atoms with Gasteiger partial charge in [-0.1, -0.05) is 85.1 Å². The molecule has 0 saturated heterocycles. The molecule has 0 aromatic heterocycles. The Morgan fingerprint density at radius 1 is 0.783 bits per heavy atom. The van der Waals surface area contributed by atoms with Crippen molar-refractivity contribution in [3.05, 3.63) is 70.8 Å². The maximum Gasteiger partial charge on any atom is 0.0161 e. The maximum absolute atomic E-state index is 2.54. The zero-order valence-corrected chi connectivity index (χ0v) is 16.4. The van der Waals surface area contributed by atoms with Gasteiger partial charge in [0.1, 0.15) is 0 Å². The Balaban J connectivity index is 1.85. The van der Waals surface area contributed by atoms with Gasteiger partial charge in [0.2, 0.25) is 0 Å². The van der Waals surface area contributed by atoms with Crippen LogP contribution < -0.4 is 0 Å². The molecule has 23 heavy (non-hydrogen) atoms. The van der Waals surface area contributed by atoms with E-state index in [2.05, 4.69) is 76.0 Å². The van der Waals surface area contributed by atoms with Crippen molar-refractivity contribution in [3.8, 4) is 0 Å². The third-order valence-corrected chi connectivity index (χ3v) is 11.7. The van der Waals surface area contributed by atoms with E-state index in [-0.39, 0.29) is 15.8 Å². The van der Waals surface area contributed by atoms with Gasteiger partial charge >= 0.3 is 0 Å². The molecular weight excluding hydrogens is 314 g/mol. The van der Waals surface area contributed by atoms with Crippen molar-refractivity contribution < 1.29 is 0 Å². The average Bonchev–Trinajstić information content (AvgIpc) is 3.03. The molecule has 2 heteroatoms. The van der Waals surface area contributed by atoms with Crippen molar-refractivity contribution in [1.29, 1.82) is 0 Å². The minimum absolute atomic E-state index is 0.0223. The lowest BCUT2D eigenvalue weighted by Gasteiger charge is -2.38. The van der Waals surface area contributed by atoms with E-state index in [4.69, 9.17) is 0 Å². The predicted molar refractivity (Wildman–Crippen MR) is 105 cm³/mol. The van der Waals surface area contributed by atoms with Crippen molar-refractivity contribution >= 4 is 15.8 Å². The topological polar surface area (TPSA) is 0 Å². The number of fused-ring (bicyclic) bond motifs is 2. The van der Waals surface area contributed by atoms with Crippen molar-refractivity contribution in [2.24, 2.45) is 0 Å². The molecule has 120 valence electrons. The Morgan fingerprint density at radius 3 is 1.91 bits per heavy atom. The average molecular weight is 340 g/mol. The summed E-state index contributed by atoms with van der Waals surface area (Å²) in [7, 11) is 0.0293. The first-order valence-corrected chi connectivity index (χ1v) is 12.2. The van der Waals surface area contributed by atoms with Crippen LogP contribution in [0.2, 0.25) is 0 Å². The molecule has 0 radical (unpaired) electrons. The van der Waals surface area contributed by atoms with E-state index in [1.807, 2.05) is 0 Å². The lowest BCUT2D eigenvalue weighted by Crippen LogP contribution is -2.16. The summed E-state index contributed by atoms with van der Waals surface area (Å²) in [5.74, 6) is 0. The number of hydrogen-bond donors (Lipinski definition) is 0. The van der Waals surface area contributed by atoms with Crippen LogP contribution in [0.3, 0.4) is 0 Å². The Kier molecular flexibility index (Phi) is 3.91. The third kappa shape index (κ3) is 2.59. The summed E-state index contributed by atoms with van der Waals surface area (Å²) in [6.07, 6.45) is 2.64. The molecule has 4 atom stereocenters. The van der Waals surface area contributed by atoms with Gasteiger partial charge in [0.25, 0.3) is 0 Å². The van der Waals surface area contributed by atoms with Crippen molar-refractivity contribution in [2.75, 3.05) is 6.66 Å². The highest BCUT2D eigenvalue weighted by Crippen LogP contribution is 2.77. The van der Waals surface area contributed by atoms with E-state index in [0.717, 1.165) is 11.3 Å². The summed E-state index contributed by atoms with van der Waals surface area (Å²) in [6, 6.07) is 18.6. The fraction of sp³-hybridized carbons (Fsp3) is 0.429. The third-order valence-electron chi connectivity index (χ3n) is 5.48. The summed E-state index contributed by atoms with van der Waals surface area (Å²) in [5.41, 5.74) is 8.13. The van der Waals surface area contributed by atoms with E-state index in [1.165, 1.54) is 12.3 Å². The van der Waals surface area contributed by atoms with Gasteiger partial charge in [-0.3, -0.25) is 0 Å². The lowest BCUT2D eigenvalue weighted by atomic mass is 9.98. The van der Waals surface area contributed by atoms with Crippen LogP contribution in [0.4, 0.5) is 0 Å². The number of benzene rings is 2. The molecular formula is C21H26P2. The second-order valence-electron chi connectivity index (χ2n) is 8.00. The summed E-state index contributed by atoms with van der Waals surface area (Å²) in [6.45, 7) is 9.94. The van der Waals surface area contributed by atoms with Gasteiger partial charge < -0.3 is 0 Å². The van der Waals surface area contributed by atoms with Gasteiger partial charge in [-0.15, -0.1) is 0 Å². The highest BCUT2D eigenvalue weighted by atomic mass is 31.1. The van der Waals surface area contributed by atoms with Gasteiger partial charge in [0.05, 0.1) is 0 Å². The maximum atomic E-state index is 2.54. The van der Waals surface area contributed by atoms with Crippen LogP contribution in [0, 0.1) is 0 Å². The SMILES string of the molecule is C[P@]1Cc2ccccc2[C@@H]1[C@H]1c2ccccc2C[P@@]1C(C)(C)C. The van der Waals surface area contributed by atoms with Crippen LogP contribution in [0.15, 0.2) is 48.5 Å². The normalized spacial score (nSPS) is 29.4. The standard InChI is InChI=1S/C21H26P2/c1-21(2,3)23-14-16-10-6-8-12-18(16)20(23)19-17-11-7-5-9-15(17)13-22(19)4/h5-12,19-20H,13-14H2,1-4H3/t19-,20-,22-,23-/m1/s1. The fourth-order valence-electron chi connectivity index (χ4n) is 4.39. The Labute approximate surface area is 143 Å². The van der Waals surface area contributed by atoms with Gasteiger partial charge in [0.15, 0.2) is 0 Å². The molecule has 0 amide bonds. The molecule has 0 nitrogen and oxygen atoms in total. The van der Waals surface area contributed by atoms with Crippen molar-refractivity contribution in [3.63, 3.8) is 0 Å². The molecule has 0 saturated carbocycles. The fourth-order valence-corrected chi connectivity index (χ4v) is 11.2. The smallest absolute Gasteiger partial charge is 0.0161 e. The molecule has 0 bridgehead atoms. The van der Waals surface area contributed by atoms with Crippen LogP contribution >= 0.6 is 15.8 Å². The summed E-state index contributed by atoms with van der Waals surface area (Å²) in [5, 5.41) is 0.423. The number of rotatable bonds is 1. The van der Waals surface area contributed by atoms with Gasteiger partial charge in [-0.2, -0.15) is 0 Å². The molecule has 2 aliphatic rings. The summed E-state index contributed by atoms with van der Waals surface area (Å²) >= 11 is 0. The van der Waals surface area contributed by atoms with Crippen molar-refractivity contribution in [2.45, 2.75) is 49.6 Å². The second-order valence-corrected chi connectivity index (χ2v) is 13.5. The van der Waals surface area contributed by atoms with E-state index in [9.17, 15) is 0 Å². The van der Waals surface area contributed by atoms with Crippen LogP contribution in [0.1, 0.15) is 54.3 Å². The zero-order valence-electron chi connectivity index (χ0n) is 14.6. The molecule has 0 spiro atoms. The van der Waals surface area contributed by atoms with Crippen LogP contribution in [0.5, 0.6) is 0 Å². The van der Waals surface area contributed by atoms with E-state index in [1.54, 1.807) is 22.3 Å². The molecule has 2 aliphatic heterocycles. The Hall–Kier alpha value is -0.700. The van der Waals surface area contributed by atoms with Gasteiger partial charge in [-0.25, -0.2) is 0 Å². The van der Waals surface area contributed by atoms with Crippen LogP contribution in [0.25, 0.3) is 0 Å². The van der Waals surface area contributed by atoms with Crippen LogP contribution in [-0.4, -0.2) is 11.8 Å². The first-order chi connectivity index (χ1) is 11.0. The second kappa shape index (κ2) is 5.68. The molecule has 0 unspecified atom stereocenters. The molecule has 0 fully saturated rings.